The molecule has 3 aromatic heterocycles. The number of benzene rings is 4. The lowest BCUT2D eigenvalue weighted by Gasteiger charge is -2.17. The minimum atomic E-state index is 0.569. The normalized spacial score (nSPS) is 11.9. The Morgan fingerprint density at radius 3 is 2.12 bits per heavy atom. The summed E-state index contributed by atoms with van der Waals surface area (Å²) in [4.78, 5) is 4.83. The number of hydrogen-bond acceptors (Lipinski definition) is 3. The fraction of sp³-hybridized carbons (Fsp3) is 0.289. The van der Waals surface area contributed by atoms with E-state index in [2.05, 4.69) is 150 Å². The molecular formula is C45H48N4O. The molecule has 0 unspecified atom stereocenters. The molecule has 7 rings (SSSR count). The van der Waals surface area contributed by atoms with Gasteiger partial charge in [0.05, 0.1) is 22.9 Å². The predicted octanol–water partition coefficient (Wildman–Crippen LogP) is 11.7. The Balaban J connectivity index is 1.25. The highest BCUT2D eigenvalue weighted by Crippen LogP contribution is 2.36. The van der Waals surface area contributed by atoms with Crippen molar-refractivity contribution in [3.63, 3.8) is 0 Å². The summed E-state index contributed by atoms with van der Waals surface area (Å²) >= 11 is 0. The molecule has 5 heteroatoms. The standard InChI is InChI=1S/C45H48N4O/c1-29(2)19-33-17-18-46-44(24-33)49-42-14-9-8-13-40(42)41-16-15-38(26-43(41)49)50-39-23-32(7)22-37(25-39)48-28-36(27-47-48)45-34(20-30(3)4)11-10-12-35(45)21-31(5)6/h8-18,22-31H,19-21H2,1-7H3. The Kier molecular flexibility index (Phi) is 9.33. The zero-order valence-corrected chi connectivity index (χ0v) is 30.4. The topological polar surface area (TPSA) is 44.9 Å². The molecule has 7 aromatic rings. The van der Waals surface area contributed by atoms with E-state index >= 15 is 0 Å². The van der Waals surface area contributed by atoms with Crippen LogP contribution in [-0.2, 0) is 19.3 Å². The maximum Gasteiger partial charge on any atom is 0.137 e. The molecule has 0 aliphatic carbocycles. The Labute approximate surface area is 296 Å². The molecule has 0 bridgehead atoms. The van der Waals surface area contributed by atoms with Gasteiger partial charge >= 0.3 is 0 Å². The molecule has 0 N–H and O–H groups in total. The van der Waals surface area contributed by atoms with E-state index in [1.807, 2.05) is 17.1 Å². The number of aromatic nitrogens is 4. The van der Waals surface area contributed by atoms with Gasteiger partial charge in [0.1, 0.15) is 17.3 Å². The lowest BCUT2D eigenvalue weighted by Crippen LogP contribution is -2.03. The molecule has 0 aliphatic rings. The van der Waals surface area contributed by atoms with E-state index in [1.165, 1.54) is 33.0 Å². The van der Waals surface area contributed by atoms with E-state index in [4.69, 9.17) is 14.8 Å². The van der Waals surface area contributed by atoms with Gasteiger partial charge in [0.2, 0.25) is 0 Å². The molecule has 0 saturated carbocycles. The van der Waals surface area contributed by atoms with E-state index in [0.29, 0.717) is 17.8 Å². The molecule has 0 spiro atoms. The summed E-state index contributed by atoms with van der Waals surface area (Å²) in [6.45, 7) is 15.8. The minimum Gasteiger partial charge on any atom is -0.457 e. The van der Waals surface area contributed by atoms with Crippen molar-refractivity contribution in [3.05, 3.63) is 132 Å². The van der Waals surface area contributed by atoms with Crippen molar-refractivity contribution in [1.29, 1.82) is 0 Å². The fourth-order valence-corrected chi connectivity index (χ4v) is 7.33. The average Bonchev–Trinajstić information content (AvgIpc) is 3.67. The van der Waals surface area contributed by atoms with E-state index in [1.54, 1.807) is 0 Å². The zero-order chi connectivity index (χ0) is 34.9. The molecule has 0 amide bonds. The second-order valence-corrected chi connectivity index (χ2v) is 15.1. The van der Waals surface area contributed by atoms with Crippen molar-refractivity contribution in [2.45, 2.75) is 67.7 Å². The highest BCUT2D eigenvalue weighted by molar-refractivity contribution is 6.09. The summed E-state index contributed by atoms with van der Waals surface area (Å²) in [6, 6.07) is 32.4. The number of ether oxygens (including phenoxy) is 1. The van der Waals surface area contributed by atoms with Crippen LogP contribution in [0.4, 0.5) is 0 Å². The van der Waals surface area contributed by atoms with Crippen LogP contribution < -0.4 is 4.74 Å². The van der Waals surface area contributed by atoms with Crippen LogP contribution in [0.15, 0.2) is 110 Å². The smallest absolute Gasteiger partial charge is 0.137 e. The fourth-order valence-electron chi connectivity index (χ4n) is 7.33. The van der Waals surface area contributed by atoms with Crippen LogP contribution in [0.2, 0.25) is 0 Å². The average molecular weight is 661 g/mol. The van der Waals surface area contributed by atoms with E-state index in [-0.39, 0.29) is 0 Å². The third kappa shape index (κ3) is 6.96. The van der Waals surface area contributed by atoms with Crippen LogP contribution in [0.3, 0.4) is 0 Å². The molecule has 254 valence electrons. The first-order valence-corrected chi connectivity index (χ1v) is 18.1. The van der Waals surface area contributed by atoms with Gasteiger partial charge in [-0.15, -0.1) is 0 Å². The van der Waals surface area contributed by atoms with E-state index in [0.717, 1.165) is 64.4 Å². The van der Waals surface area contributed by atoms with E-state index in [9.17, 15) is 0 Å². The Morgan fingerprint density at radius 1 is 0.660 bits per heavy atom. The van der Waals surface area contributed by atoms with Crippen LogP contribution in [0.1, 0.15) is 63.8 Å². The van der Waals surface area contributed by atoms with Gasteiger partial charge in [-0.1, -0.05) is 77.9 Å². The molecule has 0 aliphatic heterocycles. The maximum absolute atomic E-state index is 6.63. The van der Waals surface area contributed by atoms with Gasteiger partial charge in [-0.3, -0.25) is 4.57 Å². The van der Waals surface area contributed by atoms with Gasteiger partial charge in [-0.2, -0.15) is 5.10 Å². The number of rotatable bonds is 11. The van der Waals surface area contributed by atoms with Crippen molar-refractivity contribution >= 4 is 21.8 Å². The summed E-state index contributed by atoms with van der Waals surface area (Å²) in [7, 11) is 0. The van der Waals surface area contributed by atoms with Crippen molar-refractivity contribution in [2.24, 2.45) is 17.8 Å². The lowest BCUT2D eigenvalue weighted by atomic mass is 9.88. The zero-order valence-electron chi connectivity index (χ0n) is 30.4. The lowest BCUT2D eigenvalue weighted by molar-refractivity contribution is 0.482. The van der Waals surface area contributed by atoms with E-state index < -0.39 is 0 Å². The third-order valence-corrected chi connectivity index (χ3v) is 9.23. The summed E-state index contributed by atoms with van der Waals surface area (Å²) < 4.78 is 10.9. The van der Waals surface area contributed by atoms with Crippen molar-refractivity contribution in [3.8, 4) is 34.1 Å². The third-order valence-electron chi connectivity index (χ3n) is 9.23. The highest BCUT2D eigenvalue weighted by Gasteiger charge is 2.17. The van der Waals surface area contributed by atoms with Gasteiger partial charge in [0, 0.05) is 40.9 Å². The molecule has 3 heterocycles. The summed E-state index contributed by atoms with van der Waals surface area (Å²) in [5.41, 5.74) is 10.8. The van der Waals surface area contributed by atoms with Crippen molar-refractivity contribution < 1.29 is 4.74 Å². The Morgan fingerprint density at radius 2 is 1.38 bits per heavy atom. The van der Waals surface area contributed by atoms with Crippen LogP contribution in [0, 0.1) is 24.7 Å². The number of aryl methyl sites for hydroxylation is 1. The van der Waals surface area contributed by atoms with Crippen LogP contribution in [0.5, 0.6) is 11.5 Å². The van der Waals surface area contributed by atoms with Gasteiger partial charge in [-0.05, 0) is 114 Å². The highest BCUT2D eigenvalue weighted by atomic mass is 16.5. The number of hydrogen-bond donors (Lipinski definition) is 0. The summed E-state index contributed by atoms with van der Waals surface area (Å²) in [6.07, 6.45) is 9.21. The Bertz CT molecular complexity index is 2260. The summed E-state index contributed by atoms with van der Waals surface area (Å²) in [5.74, 6) is 4.18. The molecule has 50 heavy (non-hydrogen) atoms. The first-order valence-electron chi connectivity index (χ1n) is 18.1. The quantitative estimate of drug-likeness (QED) is 0.139. The second-order valence-electron chi connectivity index (χ2n) is 15.1. The molecule has 0 saturated heterocycles. The van der Waals surface area contributed by atoms with Gasteiger partial charge in [0.15, 0.2) is 0 Å². The largest absolute Gasteiger partial charge is 0.457 e. The van der Waals surface area contributed by atoms with Crippen LogP contribution in [0.25, 0.3) is 44.4 Å². The second kappa shape index (κ2) is 14.0. The van der Waals surface area contributed by atoms with Crippen LogP contribution in [-0.4, -0.2) is 19.3 Å². The van der Waals surface area contributed by atoms with Gasteiger partial charge < -0.3 is 4.74 Å². The van der Waals surface area contributed by atoms with Gasteiger partial charge in [-0.25, -0.2) is 9.67 Å². The number of fused-ring (bicyclic) bond motifs is 3. The summed E-state index contributed by atoms with van der Waals surface area (Å²) in [5, 5.41) is 7.25. The monoisotopic (exact) mass is 660 g/mol. The molecule has 0 radical (unpaired) electrons. The Hall–Kier alpha value is -5.16. The molecular weight excluding hydrogens is 613 g/mol. The maximum atomic E-state index is 6.63. The van der Waals surface area contributed by atoms with Crippen molar-refractivity contribution in [1.82, 2.24) is 19.3 Å². The molecule has 0 fully saturated rings. The van der Waals surface area contributed by atoms with Crippen LogP contribution >= 0.6 is 0 Å². The number of pyridine rings is 1. The van der Waals surface area contributed by atoms with Gasteiger partial charge in [0.25, 0.3) is 0 Å². The molecule has 5 nitrogen and oxygen atoms in total. The first-order chi connectivity index (χ1) is 24.1. The number of para-hydroxylation sites is 1. The molecule has 4 aromatic carbocycles. The minimum absolute atomic E-state index is 0.569. The SMILES string of the molecule is Cc1cc(Oc2ccc3c4ccccc4n(-c4cc(CC(C)C)ccn4)c3c2)cc(-n2cc(-c3c(CC(C)C)cccc3CC(C)C)cn2)c1. The van der Waals surface area contributed by atoms with Crippen molar-refractivity contribution in [2.75, 3.05) is 0 Å². The predicted molar refractivity (Wildman–Crippen MR) is 208 cm³/mol. The molecule has 0 atom stereocenters. The first kappa shape index (κ1) is 33.3. The number of nitrogens with zero attached hydrogens (tertiary/aromatic N) is 4.